The molecule has 0 aliphatic rings. The fourth-order valence-electron chi connectivity index (χ4n) is 1.93. The largest absolute Gasteiger partial charge is 0.478 e. The van der Waals surface area contributed by atoms with Gasteiger partial charge in [-0.25, -0.2) is 9.48 Å². The van der Waals surface area contributed by atoms with Gasteiger partial charge in [0.25, 0.3) is 0 Å². The van der Waals surface area contributed by atoms with Crippen LogP contribution in [0.5, 0.6) is 0 Å². The maximum Gasteiger partial charge on any atom is 0.339 e. The van der Waals surface area contributed by atoms with Crippen molar-refractivity contribution < 1.29 is 9.90 Å². The van der Waals surface area contributed by atoms with Crippen LogP contribution in [0.3, 0.4) is 0 Å². The molecule has 0 unspecified atom stereocenters. The molecule has 0 aliphatic carbocycles. The topological polar surface area (TPSA) is 55.1 Å². The number of aromatic carboxylic acids is 1. The summed E-state index contributed by atoms with van der Waals surface area (Å²) in [7, 11) is 0. The Bertz CT molecular complexity index is 828. The lowest BCUT2D eigenvalue weighted by molar-refractivity contribution is 0.0697. The van der Waals surface area contributed by atoms with Crippen LogP contribution in [0.15, 0.2) is 46.4 Å². The first-order chi connectivity index (χ1) is 10.0. The molecule has 0 atom stereocenters. The Morgan fingerprint density at radius 2 is 2.19 bits per heavy atom. The quantitative estimate of drug-likeness (QED) is 0.712. The second-order valence-corrected chi connectivity index (χ2v) is 6.72. The Labute approximate surface area is 137 Å². The normalized spacial score (nSPS) is 10.8. The third kappa shape index (κ3) is 2.88. The molecule has 0 saturated heterocycles. The van der Waals surface area contributed by atoms with Gasteiger partial charge >= 0.3 is 5.97 Å². The van der Waals surface area contributed by atoms with Gasteiger partial charge in [0.05, 0.1) is 10.0 Å². The fraction of sp³-hybridized carbons (Fsp3) is 0. The maximum atomic E-state index is 11.4. The maximum absolute atomic E-state index is 11.4. The van der Waals surface area contributed by atoms with Crippen LogP contribution in [-0.2, 0) is 0 Å². The summed E-state index contributed by atoms with van der Waals surface area (Å²) in [5.74, 6) is -1.02. The van der Waals surface area contributed by atoms with Crippen LogP contribution < -0.4 is 0 Å². The number of carboxylic acid groups (broad SMARTS) is 1. The first-order valence-electron chi connectivity index (χ1n) is 5.88. The lowest BCUT2D eigenvalue weighted by Crippen LogP contribution is -1.96. The van der Waals surface area contributed by atoms with E-state index in [-0.39, 0.29) is 5.56 Å². The van der Waals surface area contributed by atoms with Gasteiger partial charge in [0.2, 0.25) is 0 Å². The molecule has 0 spiro atoms. The van der Waals surface area contributed by atoms with Crippen LogP contribution in [0.4, 0.5) is 0 Å². The molecule has 0 radical (unpaired) electrons. The SMILES string of the molecule is O=C(O)c1cn(-c2cccc(Br)c2)nc1-c1csc(Cl)c1. The highest BCUT2D eigenvalue weighted by molar-refractivity contribution is 9.10. The Hall–Kier alpha value is -1.63. The molecule has 21 heavy (non-hydrogen) atoms. The van der Waals surface area contributed by atoms with E-state index in [1.807, 2.05) is 24.3 Å². The number of aromatic nitrogens is 2. The van der Waals surface area contributed by atoms with Crippen LogP contribution in [0, 0.1) is 0 Å². The van der Waals surface area contributed by atoms with Gasteiger partial charge < -0.3 is 5.11 Å². The highest BCUT2D eigenvalue weighted by Gasteiger charge is 2.18. The molecule has 106 valence electrons. The standard InChI is InChI=1S/C14H8BrClN2O2S/c15-9-2-1-3-10(5-9)18-6-11(14(19)20)13(17-18)8-4-12(16)21-7-8/h1-7H,(H,19,20). The fourth-order valence-corrected chi connectivity index (χ4v) is 3.18. The zero-order chi connectivity index (χ0) is 15.0. The number of halogens is 2. The van der Waals surface area contributed by atoms with Gasteiger partial charge in [-0.3, -0.25) is 0 Å². The number of rotatable bonds is 3. The van der Waals surface area contributed by atoms with Crippen molar-refractivity contribution in [3.63, 3.8) is 0 Å². The number of carboxylic acids is 1. The van der Waals surface area contributed by atoms with E-state index in [0.717, 1.165) is 10.2 Å². The van der Waals surface area contributed by atoms with E-state index in [4.69, 9.17) is 11.6 Å². The Morgan fingerprint density at radius 3 is 2.81 bits per heavy atom. The number of benzene rings is 1. The van der Waals surface area contributed by atoms with E-state index >= 15 is 0 Å². The van der Waals surface area contributed by atoms with Gasteiger partial charge in [-0.05, 0) is 24.3 Å². The van der Waals surface area contributed by atoms with Crippen molar-refractivity contribution in [2.24, 2.45) is 0 Å². The first-order valence-corrected chi connectivity index (χ1v) is 7.93. The molecule has 0 fully saturated rings. The van der Waals surface area contributed by atoms with Gasteiger partial charge in [0.1, 0.15) is 11.3 Å². The predicted octanol–water partition coefficient (Wildman–Crippen LogP) is 4.71. The smallest absolute Gasteiger partial charge is 0.339 e. The van der Waals surface area contributed by atoms with Crippen molar-refractivity contribution in [1.82, 2.24) is 9.78 Å². The van der Waals surface area contributed by atoms with Crippen molar-refractivity contribution in [2.45, 2.75) is 0 Å². The van der Waals surface area contributed by atoms with E-state index in [0.29, 0.717) is 15.6 Å². The number of thiophene rings is 1. The van der Waals surface area contributed by atoms with E-state index in [9.17, 15) is 9.90 Å². The average Bonchev–Trinajstić information content (AvgIpc) is 3.04. The third-order valence-electron chi connectivity index (χ3n) is 2.86. The van der Waals surface area contributed by atoms with E-state index in [1.54, 1.807) is 16.1 Å². The van der Waals surface area contributed by atoms with Crippen LogP contribution in [0.25, 0.3) is 16.9 Å². The minimum atomic E-state index is -1.02. The van der Waals surface area contributed by atoms with E-state index < -0.39 is 5.97 Å². The number of carbonyl (C=O) groups is 1. The molecule has 0 amide bonds. The van der Waals surface area contributed by atoms with Gasteiger partial charge in [-0.2, -0.15) is 5.10 Å². The summed E-state index contributed by atoms with van der Waals surface area (Å²) in [4.78, 5) is 11.4. The van der Waals surface area contributed by atoms with Gasteiger partial charge in [-0.1, -0.05) is 33.6 Å². The number of hydrogen-bond acceptors (Lipinski definition) is 3. The molecular weight excluding hydrogens is 376 g/mol. The summed E-state index contributed by atoms with van der Waals surface area (Å²) in [5.41, 5.74) is 2.03. The van der Waals surface area contributed by atoms with Crippen LogP contribution >= 0.6 is 38.9 Å². The van der Waals surface area contributed by atoms with Crippen molar-refractivity contribution in [1.29, 1.82) is 0 Å². The summed E-state index contributed by atoms with van der Waals surface area (Å²) < 4.78 is 3.04. The summed E-state index contributed by atoms with van der Waals surface area (Å²) in [6.45, 7) is 0. The first kappa shape index (κ1) is 14.3. The van der Waals surface area contributed by atoms with Gasteiger partial charge in [0.15, 0.2) is 0 Å². The highest BCUT2D eigenvalue weighted by atomic mass is 79.9. The zero-order valence-electron chi connectivity index (χ0n) is 10.5. The Kier molecular flexibility index (Phi) is 3.84. The zero-order valence-corrected chi connectivity index (χ0v) is 13.6. The molecule has 2 heterocycles. The van der Waals surface area contributed by atoms with Crippen molar-refractivity contribution in [2.75, 3.05) is 0 Å². The van der Waals surface area contributed by atoms with Crippen molar-refractivity contribution in [3.05, 3.63) is 56.3 Å². The second kappa shape index (κ2) is 5.63. The molecule has 3 rings (SSSR count). The molecule has 3 aromatic rings. The lowest BCUT2D eigenvalue weighted by Gasteiger charge is -2.00. The monoisotopic (exact) mass is 382 g/mol. The molecule has 7 heteroatoms. The van der Waals surface area contributed by atoms with Gasteiger partial charge in [0, 0.05) is 21.6 Å². The van der Waals surface area contributed by atoms with Crippen molar-refractivity contribution in [3.8, 4) is 16.9 Å². The van der Waals surface area contributed by atoms with Crippen molar-refractivity contribution >= 4 is 44.8 Å². The Morgan fingerprint density at radius 1 is 1.38 bits per heavy atom. The molecule has 0 saturated carbocycles. The number of hydrogen-bond donors (Lipinski definition) is 1. The van der Waals surface area contributed by atoms with Crippen LogP contribution in [0.1, 0.15) is 10.4 Å². The summed E-state index contributed by atoms with van der Waals surface area (Å²) in [6, 6.07) is 9.19. The summed E-state index contributed by atoms with van der Waals surface area (Å²) in [5, 5.41) is 15.5. The van der Waals surface area contributed by atoms with E-state index in [2.05, 4.69) is 21.0 Å². The summed E-state index contributed by atoms with van der Waals surface area (Å²) >= 11 is 10.6. The molecule has 1 aromatic carbocycles. The van der Waals surface area contributed by atoms with E-state index in [1.165, 1.54) is 17.5 Å². The average molecular weight is 384 g/mol. The lowest BCUT2D eigenvalue weighted by atomic mass is 10.1. The van der Waals surface area contributed by atoms with Crippen LogP contribution in [-0.4, -0.2) is 20.9 Å². The molecule has 2 aromatic heterocycles. The van der Waals surface area contributed by atoms with Crippen LogP contribution in [0.2, 0.25) is 4.34 Å². The molecular formula is C14H8BrClN2O2S. The Balaban J connectivity index is 2.15. The minimum Gasteiger partial charge on any atom is -0.478 e. The van der Waals surface area contributed by atoms with Gasteiger partial charge in [-0.15, -0.1) is 11.3 Å². The molecule has 0 bridgehead atoms. The highest BCUT2D eigenvalue weighted by Crippen LogP contribution is 2.30. The summed E-state index contributed by atoms with van der Waals surface area (Å²) in [6.07, 6.45) is 1.50. The predicted molar refractivity (Wildman–Crippen MR) is 86.5 cm³/mol. The molecule has 1 N–H and O–H groups in total. The molecule has 4 nitrogen and oxygen atoms in total. The number of nitrogens with zero attached hydrogens (tertiary/aromatic N) is 2. The molecule has 0 aliphatic heterocycles. The second-order valence-electron chi connectivity index (χ2n) is 4.26. The third-order valence-corrected chi connectivity index (χ3v) is 4.44. The minimum absolute atomic E-state index is 0.143.